The average Bonchev–Trinajstić information content (AvgIpc) is 3.13. The molecule has 1 N–H and O–H groups in total. The van der Waals surface area contributed by atoms with E-state index in [1.54, 1.807) is 6.07 Å². The van der Waals surface area contributed by atoms with E-state index in [4.69, 9.17) is 0 Å². The van der Waals surface area contributed by atoms with E-state index in [2.05, 4.69) is 112 Å². The molecule has 0 spiro atoms. The first-order valence-corrected chi connectivity index (χ1v) is 10.4. The molecule has 1 nitrogen and oxygen atoms in total. The van der Waals surface area contributed by atoms with Crippen LogP contribution in [0.5, 0.6) is 5.75 Å². The van der Waals surface area contributed by atoms with E-state index in [0.717, 1.165) is 5.56 Å². The summed E-state index contributed by atoms with van der Waals surface area (Å²) in [6, 6.07) is 18.7. The van der Waals surface area contributed by atoms with E-state index in [1.807, 2.05) is 6.07 Å². The number of hydrogen-bond donors (Lipinski definition) is 1. The maximum Gasteiger partial charge on any atom is 2.00 e. The molecule has 0 amide bonds. The molecule has 3 aromatic carbocycles. The van der Waals surface area contributed by atoms with Crippen molar-refractivity contribution in [2.75, 3.05) is 0 Å². The van der Waals surface area contributed by atoms with Gasteiger partial charge in [-0.25, -0.2) is 23.3 Å². The SMILES string of the molecule is CC(C)(C)c1ccc(O)c(C(C)(C)C)c1.Cc1cc[c-](C)c1.Cc1cc[c-](C)c1.[Zr+2]. The van der Waals surface area contributed by atoms with Crippen LogP contribution in [-0.4, -0.2) is 5.11 Å². The summed E-state index contributed by atoms with van der Waals surface area (Å²) in [6.45, 7) is 21.3. The van der Waals surface area contributed by atoms with Gasteiger partial charge in [0.15, 0.2) is 0 Å². The Labute approximate surface area is 204 Å². The fraction of sp³-hybridized carbons (Fsp3) is 0.429. The molecule has 0 aliphatic heterocycles. The van der Waals surface area contributed by atoms with Gasteiger partial charge in [-0.05, 0) is 28.0 Å². The monoisotopic (exact) mass is 482 g/mol. The van der Waals surface area contributed by atoms with E-state index < -0.39 is 0 Å². The normalized spacial score (nSPS) is 10.9. The van der Waals surface area contributed by atoms with E-state index in [0.29, 0.717) is 5.75 Å². The summed E-state index contributed by atoms with van der Waals surface area (Å²) < 4.78 is 0. The first-order chi connectivity index (χ1) is 13.2. The molecule has 0 saturated heterocycles. The van der Waals surface area contributed by atoms with E-state index in [9.17, 15) is 5.11 Å². The Morgan fingerprint density at radius 1 is 0.700 bits per heavy atom. The van der Waals surface area contributed by atoms with Crippen LogP contribution in [0.2, 0.25) is 0 Å². The van der Waals surface area contributed by atoms with Gasteiger partial charge in [-0.3, -0.25) is 0 Å². The third-order valence-electron chi connectivity index (χ3n) is 4.80. The molecule has 3 rings (SSSR count). The van der Waals surface area contributed by atoms with Crippen LogP contribution in [0.3, 0.4) is 0 Å². The van der Waals surface area contributed by atoms with Gasteiger partial charge in [-0.2, -0.15) is 35.4 Å². The number of phenolic OH excluding ortho intramolecular Hbond substituents is 1. The second-order valence-electron chi connectivity index (χ2n) is 10.2. The van der Waals surface area contributed by atoms with Crippen LogP contribution >= 0.6 is 0 Å². The van der Waals surface area contributed by atoms with Crippen LogP contribution in [0.15, 0.2) is 54.6 Å². The van der Waals surface area contributed by atoms with Crippen molar-refractivity contribution in [3.8, 4) is 5.75 Å². The van der Waals surface area contributed by atoms with E-state index >= 15 is 0 Å². The summed E-state index contributed by atoms with van der Waals surface area (Å²) in [5, 5.41) is 9.84. The smallest absolute Gasteiger partial charge is 0.508 e. The third kappa shape index (κ3) is 10.1. The van der Waals surface area contributed by atoms with Gasteiger partial charge in [-0.15, -0.1) is 0 Å². The van der Waals surface area contributed by atoms with Crippen molar-refractivity contribution >= 4 is 0 Å². The predicted molar refractivity (Wildman–Crippen MR) is 129 cm³/mol. The fourth-order valence-corrected chi connectivity index (χ4v) is 3.04. The maximum atomic E-state index is 9.84. The Kier molecular flexibility index (Phi) is 11.3. The minimum atomic E-state index is -0.00859. The molecule has 0 aliphatic rings. The zero-order chi connectivity index (χ0) is 22.4. The molecule has 30 heavy (non-hydrogen) atoms. The molecule has 162 valence electrons. The molecule has 3 aromatic rings. The zero-order valence-electron chi connectivity index (χ0n) is 20.6. The number of hydrogen-bond acceptors (Lipinski definition) is 1. The summed E-state index contributed by atoms with van der Waals surface area (Å²) in [6.07, 6.45) is 0. The maximum absolute atomic E-state index is 9.84. The Morgan fingerprint density at radius 2 is 1.13 bits per heavy atom. The Bertz CT molecular complexity index is 811. The summed E-state index contributed by atoms with van der Waals surface area (Å²) in [7, 11) is 0. The summed E-state index contributed by atoms with van der Waals surface area (Å²) >= 11 is 0. The van der Waals surface area contributed by atoms with Crippen molar-refractivity contribution in [1.29, 1.82) is 0 Å². The second kappa shape index (κ2) is 11.8. The van der Waals surface area contributed by atoms with Crippen molar-refractivity contribution in [3.05, 3.63) is 88.0 Å². The van der Waals surface area contributed by atoms with Crippen LogP contribution in [0.4, 0.5) is 0 Å². The molecule has 0 atom stereocenters. The van der Waals surface area contributed by atoms with Crippen molar-refractivity contribution in [3.63, 3.8) is 0 Å². The zero-order valence-corrected chi connectivity index (χ0v) is 23.1. The minimum absolute atomic E-state index is 0. The third-order valence-corrected chi connectivity index (χ3v) is 4.80. The molecular weight excluding hydrogens is 444 g/mol. The summed E-state index contributed by atoms with van der Waals surface area (Å²) in [5.74, 6) is 0.399. The average molecular weight is 484 g/mol. The topological polar surface area (TPSA) is 20.2 Å². The molecule has 0 unspecified atom stereocenters. The molecule has 0 saturated carbocycles. The molecule has 0 bridgehead atoms. The van der Waals surface area contributed by atoms with E-state index in [-0.39, 0.29) is 37.0 Å². The van der Waals surface area contributed by atoms with Gasteiger partial charge in [0, 0.05) is 0 Å². The minimum Gasteiger partial charge on any atom is -0.508 e. The van der Waals surface area contributed by atoms with Gasteiger partial charge in [0.05, 0.1) is 0 Å². The molecule has 0 aliphatic carbocycles. The van der Waals surface area contributed by atoms with Crippen molar-refractivity contribution in [2.24, 2.45) is 0 Å². The van der Waals surface area contributed by atoms with Gasteiger partial charge in [0.1, 0.15) is 5.75 Å². The molecule has 0 aromatic heterocycles. The van der Waals surface area contributed by atoms with Crippen molar-refractivity contribution in [2.45, 2.75) is 80.1 Å². The van der Waals surface area contributed by atoms with E-state index in [1.165, 1.54) is 27.8 Å². The van der Waals surface area contributed by atoms with Crippen LogP contribution in [0, 0.1) is 27.7 Å². The Hall–Kier alpha value is -1.40. The summed E-state index contributed by atoms with van der Waals surface area (Å²) in [4.78, 5) is 0. The van der Waals surface area contributed by atoms with Gasteiger partial charge >= 0.3 is 26.2 Å². The van der Waals surface area contributed by atoms with Crippen LogP contribution < -0.4 is 0 Å². The number of benzene rings is 1. The van der Waals surface area contributed by atoms with Crippen molar-refractivity contribution < 1.29 is 31.3 Å². The Morgan fingerprint density at radius 3 is 1.37 bits per heavy atom. The van der Waals surface area contributed by atoms with Crippen LogP contribution in [0.25, 0.3) is 0 Å². The van der Waals surface area contributed by atoms with Crippen molar-refractivity contribution in [1.82, 2.24) is 0 Å². The number of aryl methyl sites for hydroxylation is 4. The van der Waals surface area contributed by atoms with Gasteiger partial charge in [0.2, 0.25) is 0 Å². The number of rotatable bonds is 0. The van der Waals surface area contributed by atoms with Gasteiger partial charge < -0.3 is 5.11 Å². The Balaban J connectivity index is 0.000000467. The quantitative estimate of drug-likeness (QED) is 0.321. The largest absolute Gasteiger partial charge is 2.00 e. The number of aromatic hydroxyl groups is 1. The molecule has 0 fully saturated rings. The predicted octanol–water partition coefficient (Wildman–Crippen LogP) is 8.03. The molecule has 0 radical (unpaired) electrons. The summed E-state index contributed by atoms with van der Waals surface area (Å²) in [5.41, 5.74) is 7.85. The first kappa shape index (κ1) is 28.6. The standard InChI is InChI=1S/C14H22O.2C7H9.Zr/c1-13(2,3)10-7-8-12(15)11(9-10)14(4,5)6;2*1-6-3-4-7(2)5-6;/h7-9,15H,1-6H3;2*3-5H,1-2H3;/q;2*-1;+2. The van der Waals surface area contributed by atoms with Gasteiger partial charge in [0.25, 0.3) is 0 Å². The molecule has 0 heterocycles. The van der Waals surface area contributed by atoms with Crippen LogP contribution in [-0.2, 0) is 37.0 Å². The number of phenols is 1. The second-order valence-corrected chi connectivity index (χ2v) is 10.2. The van der Waals surface area contributed by atoms with Gasteiger partial charge in [-0.1, -0.05) is 81.4 Å². The molecule has 2 heteroatoms. The first-order valence-electron chi connectivity index (χ1n) is 10.4. The van der Waals surface area contributed by atoms with Crippen LogP contribution in [0.1, 0.15) is 74.9 Å². The fourth-order valence-electron chi connectivity index (χ4n) is 3.04. The molecular formula is C28H40OZr.